The molecule has 0 saturated carbocycles. The number of benzene rings is 1. The van der Waals surface area contributed by atoms with Crippen LogP contribution in [-0.2, 0) is 27.4 Å². The summed E-state index contributed by atoms with van der Waals surface area (Å²) in [6.45, 7) is 6.29. The van der Waals surface area contributed by atoms with Crippen LogP contribution in [0.5, 0.6) is 0 Å². The highest BCUT2D eigenvalue weighted by Crippen LogP contribution is 2.10. The minimum Gasteiger partial charge on any atom is -0.466 e. The summed E-state index contributed by atoms with van der Waals surface area (Å²) < 4.78 is 10.2. The number of rotatable bonds is 10. The van der Waals surface area contributed by atoms with E-state index in [2.05, 4.69) is 5.32 Å². The van der Waals surface area contributed by atoms with E-state index in [1.807, 2.05) is 31.2 Å². The fourth-order valence-corrected chi connectivity index (χ4v) is 1.94. The summed E-state index contributed by atoms with van der Waals surface area (Å²) in [6, 6.07) is 8.01. The van der Waals surface area contributed by atoms with E-state index in [1.54, 1.807) is 6.92 Å². The molecule has 0 fully saturated rings. The lowest BCUT2D eigenvalue weighted by atomic mass is 10.1. The first kappa shape index (κ1) is 17.6. The lowest BCUT2D eigenvalue weighted by Crippen LogP contribution is -2.29. The van der Waals surface area contributed by atoms with Gasteiger partial charge in [-0.25, -0.2) is 0 Å². The molecule has 0 saturated heterocycles. The third-order valence-corrected chi connectivity index (χ3v) is 2.98. The van der Waals surface area contributed by atoms with Gasteiger partial charge >= 0.3 is 5.97 Å². The van der Waals surface area contributed by atoms with Crippen molar-refractivity contribution in [2.75, 3.05) is 19.8 Å². The van der Waals surface area contributed by atoms with Crippen molar-refractivity contribution in [3.8, 4) is 0 Å². The molecule has 0 radical (unpaired) electrons. The first-order chi connectivity index (χ1) is 10.2. The average Bonchev–Trinajstić information content (AvgIpc) is 2.46. The van der Waals surface area contributed by atoms with Crippen LogP contribution in [0.3, 0.4) is 0 Å². The largest absolute Gasteiger partial charge is 0.466 e. The molecule has 118 valence electrons. The second-order valence-corrected chi connectivity index (χ2v) is 4.70. The van der Waals surface area contributed by atoms with E-state index in [1.165, 1.54) is 0 Å². The molecule has 0 amide bonds. The van der Waals surface area contributed by atoms with Crippen molar-refractivity contribution in [1.82, 2.24) is 5.32 Å². The topological polar surface area (TPSA) is 67.8 Å². The lowest BCUT2D eigenvalue weighted by Gasteiger charge is -2.13. The van der Waals surface area contributed by atoms with Crippen LogP contribution in [0.15, 0.2) is 24.3 Å². The average molecular weight is 295 g/mol. The highest BCUT2D eigenvalue weighted by molar-refractivity contribution is 5.69. The van der Waals surface area contributed by atoms with Crippen molar-refractivity contribution in [3.63, 3.8) is 0 Å². The second kappa shape index (κ2) is 10.3. The van der Waals surface area contributed by atoms with Crippen molar-refractivity contribution in [1.29, 1.82) is 0 Å². The van der Waals surface area contributed by atoms with E-state index < -0.39 is 6.10 Å². The Bertz CT molecular complexity index is 422. The summed E-state index contributed by atoms with van der Waals surface area (Å²) in [5.74, 6) is -0.372. The van der Waals surface area contributed by atoms with Gasteiger partial charge in [0.2, 0.25) is 0 Å². The first-order valence-electron chi connectivity index (χ1n) is 7.36. The number of carbonyl (C=O) groups excluding carboxylic acids is 1. The van der Waals surface area contributed by atoms with Crippen molar-refractivity contribution < 1.29 is 19.4 Å². The molecule has 1 aromatic carbocycles. The molecule has 5 nitrogen and oxygen atoms in total. The van der Waals surface area contributed by atoms with E-state index in [9.17, 15) is 9.90 Å². The Kier molecular flexibility index (Phi) is 8.66. The van der Waals surface area contributed by atoms with E-state index in [4.69, 9.17) is 9.47 Å². The van der Waals surface area contributed by atoms with E-state index >= 15 is 0 Å². The maximum absolute atomic E-state index is 11.2. The Morgan fingerprint density at radius 1 is 1.24 bits per heavy atom. The molecule has 1 aromatic rings. The molecule has 0 aromatic heterocycles. The zero-order valence-electron chi connectivity index (χ0n) is 12.8. The summed E-state index contributed by atoms with van der Waals surface area (Å²) in [5, 5.41) is 12.9. The molecule has 1 atom stereocenters. The Labute approximate surface area is 126 Å². The monoisotopic (exact) mass is 295 g/mol. The van der Waals surface area contributed by atoms with Gasteiger partial charge in [-0.15, -0.1) is 0 Å². The van der Waals surface area contributed by atoms with Gasteiger partial charge in [-0.2, -0.15) is 0 Å². The van der Waals surface area contributed by atoms with Gasteiger partial charge in [-0.1, -0.05) is 24.3 Å². The number of hydrogen-bond donors (Lipinski definition) is 2. The number of aliphatic hydroxyl groups excluding tert-OH is 1. The van der Waals surface area contributed by atoms with Gasteiger partial charge in [0.05, 0.1) is 25.7 Å². The van der Waals surface area contributed by atoms with Gasteiger partial charge in [-0.05, 0) is 25.0 Å². The normalized spacial score (nSPS) is 12.1. The minimum atomic E-state index is -0.733. The predicted octanol–water partition coefficient (Wildman–Crippen LogP) is 1.63. The second-order valence-electron chi connectivity index (χ2n) is 4.70. The fraction of sp³-hybridized carbons (Fsp3) is 0.562. The smallest absolute Gasteiger partial charge is 0.308 e. The molecule has 0 aliphatic rings. The van der Waals surface area contributed by atoms with Crippen LogP contribution in [0.25, 0.3) is 0 Å². The number of esters is 1. The number of ether oxygens (including phenoxy) is 2. The quantitative estimate of drug-likeness (QED) is 0.642. The van der Waals surface area contributed by atoms with E-state index in [-0.39, 0.29) is 12.4 Å². The van der Waals surface area contributed by atoms with Gasteiger partial charge < -0.3 is 19.9 Å². The number of nitrogens with one attached hydrogen (secondary N) is 1. The van der Waals surface area contributed by atoms with Crippen LogP contribution in [0.4, 0.5) is 0 Å². The number of carbonyl (C=O) groups is 1. The maximum atomic E-state index is 11.2. The third-order valence-electron chi connectivity index (χ3n) is 2.98. The fourth-order valence-electron chi connectivity index (χ4n) is 1.94. The van der Waals surface area contributed by atoms with Crippen LogP contribution in [0, 0.1) is 0 Å². The van der Waals surface area contributed by atoms with Crippen LogP contribution in [0.2, 0.25) is 0 Å². The molecular formula is C16H25NO4. The van der Waals surface area contributed by atoms with Crippen molar-refractivity contribution >= 4 is 5.97 Å². The Balaban J connectivity index is 2.36. The van der Waals surface area contributed by atoms with Crippen molar-refractivity contribution in [3.05, 3.63) is 35.4 Å². The highest BCUT2D eigenvalue weighted by atomic mass is 16.5. The Morgan fingerprint density at radius 2 is 1.95 bits per heavy atom. The molecular weight excluding hydrogens is 270 g/mol. The minimum absolute atomic E-state index is 0.0153. The Morgan fingerprint density at radius 3 is 2.62 bits per heavy atom. The molecule has 0 spiro atoms. The number of aliphatic hydroxyl groups is 1. The van der Waals surface area contributed by atoms with Gasteiger partial charge in [-0.3, -0.25) is 4.79 Å². The van der Waals surface area contributed by atoms with Crippen LogP contribution < -0.4 is 5.32 Å². The zero-order chi connectivity index (χ0) is 15.5. The summed E-state index contributed by atoms with van der Waals surface area (Å²) in [6.07, 6.45) is -0.718. The van der Waals surface area contributed by atoms with Crippen LogP contribution in [-0.4, -0.2) is 36.9 Å². The summed E-state index contributed by atoms with van der Waals surface area (Å²) >= 11 is 0. The van der Waals surface area contributed by atoms with Gasteiger partial charge in [0.1, 0.15) is 0 Å². The van der Waals surface area contributed by atoms with Gasteiger partial charge in [0, 0.05) is 19.7 Å². The molecule has 0 bridgehead atoms. The molecule has 2 N–H and O–H groups in total. The number of hydrogen-bond acceptors (Lipinski definition) is 5. The van der Waals surface area contributed by atoms with Gasteiger partial charge in [0.25, 0.3) is 0 Å². The summed E-state index contributed by atoms with van der Waals surface area (Å²) in [5.41, 5.74) is 2.26. The third kappa shape index (κ3) is 7.22. The Hall–Kier alpha value is -1.43. The molecule has 0 aliphatic carbocycles. The molecule has 1 unspecified atom stereocenters. The highest BCUT2D eigenvalue weighted by Gasteiger charge is 2.11. The zero-order valence-corrected chi connectivity index (χ0v) is 12.8. The standard InChI is InChI=1S/C16H25NO4/c1-3-20-12-14-8-6-5-7-13(14)10-17-11-15(18)9-16(19)21-4-2/h5-8,15,17-18H,3-4,9-12H2,1-2H3. The molecule has 0 aliphatic heterocycles. The van der Waals surface area contributed by atoms with Gasteiger partial charge in [0.15, 0.2) is 0 Å². The molecule has 1 rings (SSSR count). The predicted molar refractivity (Wildman–Crippen MR) is 80.7 cm³/mol. The maximum Gasteiger partial charge on any atom is 0.308 e. The van der Waals surface area contributed by atoms with Crippen LogP contribution >= 0.6 is 0 Å². The van der Waals surface area contributed by atoms with E-state index in [0.717, 1.165) is 11.1 Å². The van der Waals surface area contributed by atoms with Crippen LogP contribution in [0.1, 0.15) is 31.4 Å². The van der Waals surface area contributed by atoms with E-state index in [0.29, 0.717) is 32.9 Å². The summed E-state index contributed by atoms with van der Waals surface area (Å²) in [4.78, 5) is 11.2. The van der Waals surface area contributed by atoms with Crippen molar-refractivity contribution in [2.45, 2.75) is 39.5 Å². The SMILES string of the molecule is CCOCc1ccccc1CNCC(O)CC(=O)OCC. The molecule has 0 heterocycles. The lowest BCUT2D eigenvalue weighted by molar-refractivity contribution is -0.145. The summed E-state index contributed by atoms with van der Waals surface area (Å²) in [7, 11) is 0. The van der Waals surface area contributed by atoms with Crippen molar-refractivity contribution in [2.24, 2.45) is 0 Å². The first-order valence-corrected chi connectivity index (χ1v) is 7.36. The molecule has 5 heteroatoms. The molecule has 21 heavy (non-hydrogen) atoms.